The average Bonchev–Trinajstić information content (AvgIpc) is 3.10. The Balaban J connectivity index is 0.00000144. The van der Waals surface area contributed by atoms with Crippen molar-refractivity contribution in [2.24, 2.45) is 0 Å². The zero-order chi connectivity index (χ0) is 14.2. The summed E-state index contributed by atoms with van der Waals surface area (Å²) >= 11 is 0. The number of fused-ring (bicyclic) bond motifs is 2. The van der Waals surface area contributed by atoms with Crippen LogP contribution in [0, 0.1) is 0 Å². The molecule has 3 heterocycles. The first kappa shape index (κ1) is 15.2. The fraction of sp³-hybridized carbons (Fsp3) is 0.500. The number of halogens is 1. The molecule has 0 unspecified atom stereocenters. The van der Waals surface area contributed by atoms with Crippen LogP contribution in [0.5, 0.6) is 0 Å². The molecule has 4 rings (SSSR count). The Hall–Kier alpha value is -1.70. The molecule has 0 bridgehead atoms. The highest BCUT2D eigenvalue weighted by molar-refractivity contribution is 5.85. The van der Waals surface area contributed by atoms with Gasteiger partial charge in [-0.3, -0.25) is 4.79 Å². The van der Waals surface area contributed by atoms with Crippen molar-refractivity contribution < 1.29 is 9.53 Å². The van der Waals surface area contributed by atoms with Gasteiger partial charge in [-0.2, -0.15) is 15.0 Å². The molecule has 1 N–H and O–H groups in total. The molecule has 1 amide bonds. The van der Waals surface area contributed by atoms with E-state index in [4.69, 9.17) is 4.74 Å². The zero-order valence-electron chi connectivity index (χ0n) is 12.0. The number of carbonyl (C=O) groups is 1. The number of hydrogen-bond acceptors (Lipinski definition) is 5. The predicted octanol–water partition coefficient (Wildman–Crippen LogP) is 0.0523. The SMILES string of the molecule is Cl.O=C(Cn1nc2ccccc2n1)N1C[C@@H]2NCCO[C@H]2C1. The Morgan fingerprint density at radius 2 is 2.00 bits per heavy atom. The van der Waals surface area contributed by atoms with E-state index >= 15 is 0 Å². The van der Waals surface area contributed by atoms with E-state index in [0.29, 0.717) is 13.1 Å². The lowest BCUT2D eigenvalue weighted by Crippen LogP contribution is -2.47. The molecule has 8 heteroatoms. The number of amides is 1. The van der Waals surface area contributed by atoms with Crippen molar-refractivity contribution in [1.82, 2.24) is 25.2 Å². The number of ether oxygens (including phenoxy) is 1. The van der Waals surface area contributed by atoms with Crippen LogP contribution in [-0.4, -0.2) is 64.2 Å². The molecule has 118 valence electrons. The summed E-state index contributed by atoms with van der Waals surface area (Å²) in [5.74, 6) is 0.0371. The van der Waals surface area contributed by atoms with Crippen molar-refractivity contribution in [3.63, 3.8) is 0 Å². The highest BCUT2D eigenvalue weighted by Gasteiger charge is 2.37. The number of rotatable bonds is 2. The van der Waals surface area contributed by atoms with Crippen molar-refractivity contribution in [3.05, 3.63) is 24.3 Å². The molecule has 0 radical (unpaired) electrons. The second-order valence-electron chi connectivity index (χ2n) is 5.49. The maximum absolute atomic E-state index is 12.4. The fourth-order valence-electron chi connectivity index (χ4n) is 2.99. The van der Waals surface area contributed by atoms with E-state index in [1.54, 1.807) is 0 Å². The molecule has 0 spiro atoms. The molecule has 2 saturated heterocycles. The summed E-state index contributed by atoms with van der Waals surface area (Å²) in [5, 5.41) is 12.0. The van der Waals surface area contributed by atoms with Crippen molar-refractivity contribution in [2.75, 3.05) is 26.2 Å². The summed E-state index contributed by atoms with van der Waals surface area (Å²) in [4.78, 5) is 15.7. The van der Waals surface area contributed by atoms with Gasteiger partial charge in [-0.1, -0.05) is 12.1 Å². The third kappa shape index (κ3) is 2.79. The standard InChI is InChI=1S/C14H17N5O2.ClH/c20-14(18-7-12-13(8-18)21-6-5-15-12)9-19-16-10-3-1-2-4-11(10)17-19;/h1-4,12-13,15H,5-9H2;1H/t12-,13-;/m0./s1. The van der Waals surface area contributed by atoms with Crippen molar-refractivity contribution in [3.8, 4) is 0 Å². The number of hydrogen-bond donors (Lipinski definition) is 1. The van der Waals surface area contributed by atoms with Crippen LogP contribution < -0.4 is 5.32 Å². The van der Waals surface area contributed by atoms with Gasteiger partial charge in [0.2, 0.25) is 5.91 Å². The van der Waals surface area contributed by atoms with Crippen molar-refractivity contribution in [2.45, 2.75) is 18.7 Å². The van der Waals surface area contributed by atoms with Crippen molar-refractivity contribution in [1.29, 1.82) is 0 Å². The molecular weight excluding hydrogens is 306 g/mol. The molecule has 2 aromatic rings. The van der Waals surface area contributed by atoms with Crippen LogP contribution in [0.1, 0.15) is 0 Å². The molecule has 22 heavy (non-hydrogen) atoms. The molecule has 2 fully saturated rings. The molecule has 2 aliphatic rings. The summed E-state index contributed by atoms with van der Waals surface area (Å²) in [6.07, 6.45) is 0.118. The van der Waals surface area contributed by atoms with Gasteiger partial charge in [-0.15, -0.1) is 12.4 Å². The van der Waals surface area contributed by atoms with Crippen LogP contribution in [0.3, 0.4) is 0 Å². The van der Waals surface area contributed by atoms with Crippen LogP contribution in [0.4, 0.5) is 0 Å². The Kier molecular flexibility index (Phi) is 4.28. The van der Waals surface area contributed by atoms with E-state index in [1.807, 2.05) is 29.2 Å². The molecule has 1 aromatic carbocycles. The van der Waals surface area contributed by atoms with Gasteiger partial charge in [0.1, 0.15) is 17.6 Å². The molecular formula is C14H18ClN5O2. The first-order chi connectivity index (χ1) is 10.3. The molecule has 0 saturated carbocycles. The normalized spacial score (nSPS) is 24.1. The quantitative estimate of drug-likeness (QED) is 0.845. The highest BCUT2D eigenvalue weighted by Crippen LogP contribution is 2.17. The van der Waals surface area contributed by atoms with Gasteiger partial charge in [0.25, 0.3) is 0 Å². The zero-order valence-corrected chi connectivity index (χ0v) is 12.8. The average molecular weight is 324 g/mol. The summed E-state index contributed by atoms with van der Waals surface area (Å²) in [6.45, 7) is 3.10. The second kappa shape index (κ2) is 6.20. The van der Waals surface area contributed by atoms with Gasteiger partial charge >= 0.3 is 0 Å². The first-order valence-corrected chi connectivity index (χ1v) is 7.22. The van der Waals surface area contributed by atoms with Crippen molar-refractivity contribution >= 4 is 29.3 Å². The number of carbonyl (C=O) groups excluding carboxylic acids is 1. The minimum Gasteiger partial charge on any atom is -0.373 e. The number of likely N-dealkylation sites (tertiary alicyclic amines) is 1. The van der Waals surface area contributed by atoms with Gasteiger partial charge in [0.15, 0.2) is 0 Å². The number of benzene rings is 1. The number of aromatic nitrogens is 3. The van der Waals surface area contributed by atoms with Gasteiger partial charge in [-0.05, 0) is 12.1 Å². The van der Waals surface area contributed by atoms with E-state index < -0.39 is 0 Å². The third-order valence-electron chi connectivity index (χ3n) is 4.06. The lowest BCUT2D eigenvalue weighted by molar-refractivity contribution is -0.131. The van der Waals surface area contributed by atoms with E-state index in [9.17, 15) is 4.79 Å². The predicted molar refractivity (Wildman–Crippen MR) is 82.9 cm³/mol. The largest absolute Gasteiger partial charge is 0.373 e. The van der Waals surface area contributed by atoms with Crippen LogP contribution in [-0.2, 0) is 16.1 Å². The minimum atomic E-state index is 0. The maximum Gasteiger partial charge on any atom is 0.246 e. The van der Waals surface area contributed by atoms with Crippen LogP contribution in [0.15, 0.2) is 24.3 Å². The molecule has 2 aliphatic heterocycles. The maximum atomic E-state index is 12.4. The van der Waals surface area contributed by atoms with Crippen LogP contribution in [0.2, 0.25) is 0 Å². The first-order valence-electron chi connectivity index (χ1n) is 7.22. The number of nitrogens with zero attached hydrogens (tertiary/aromatic N) is 4. The minimum absolute atomic E-state index is 0. The van der Waals surface area contributed by atoms with Gasteiger partial charge in [0, 0.05) is 19.6 Å². The van der Waals surface area contributed by atoms with Gasteiger partial charge in [0.05, 0.1) is 18.8 Å². The van der Waals surface area contributed by atoms with Crippen LogP contribution >= 0.6 is 12.4 Å². The Bertz CT molecular complexity index is 629. The third-order valence-corrected chi connectivity index (χ3v) is 4.06. The lowest BCUT2D eigenvalue weighted by atomic mass is 10.2. The molecule has 0 aliphatic carbocycles. The summed E-state index contributed by atoms with van der Waals surface area (Å²) in [5.41, 5.74) is 1.62. The summed E-state index contributed by atoms with van der Waals surface area (Å²) in [7, 11) is 0. The lowest BCUT2D eigenvalue weighted by Gasteiger charge is -2.25. The molecule has 1 aromatic heterocycles. The smallest absolute Gasteiger partial charge is 0.246 e. The Morgan fingerprint density at radius 3 is 2.68 bits per heavy atom. The monoisotopic (exact) mass is 323 g/mol. The Labute approximate surface area is 134 Å². The van der Waals surface area contributed by atoms with Gasteiger partial charge < -0.3 is 15.0 Å². The van der Waals surface area contributed by atoms with E-state index in [2.05, 4.69) is 15.5 Å². The summed E-state index contributed by atoms with van der Waals surface area (Å²) < 4.78 is 5.69. The highest BCUT2D eigenvalue weighted by atomic mass is 35.5. The molecule has 2 atom stereocenters. The second-order valence-corrected chi connectivity index (χ2v) is 5.49. The van der Waals surface area contributed by atoms with E-state index in [1.165, 1.54) is 4.80 Å². The van der Waals surface area contributed by atoms with E-state index in [0.717, 1.165) is 24.2 Å². The fourth-order valence-corrected chi connectivity index (χ4v) is 2.99. The van der Waals surface area contributed by atoms with Crippen LogP contribution in [0.25, 0.3) is 11.0 Å². The number of morpholine rings is 1. The Morgan fingerprint density at radius 1 is 1.27 bits per heavy atom. The topological polar surface area (TPSA) is 72.3 Å². The molecule has 7 nitrogen and oxygen atoms in total. The number of nitrogens with one attached hydrogen (secondary N) is 1. The summed E-state index contributed by atoms with van der Waals surface area (Å²) in [6, 6.07) is 7.87. The van der Waals surface area contributed by atoms with E-state index in [-0.39, 0.29) is 37.0 Å². The van der Waals surface area contributed by atoms with Gasteiger partial charge in [-0.25, -0.2) is 0 Å².